The van der Waals surface area contributed by atoms with Crippen molar-refractivity contribution in [3.05, 3.63) is 76.0 Å². The van der Waals surface area contributed by atoms with Crippen molar-refractivity contribution < 1.29 is 4.79 Å². The number of benzene rings is 2. The Labute approximate surface area is 154 Å². The van der Waals surface area contributed by atoms with Gasteiger partial charge in [0.1, 0.15) is 5.82 Å². The van der Waals surface area contributed by atoms with Gasteiger partial charge in [-0.15, -0.1) is 11.8 Å². The average Bonchev–Trinajstić information content (AvgIpc) is 2.59. The van der Waals surface area contributed by atoms with Crippen LogP contribution in [0.2, 0.25) is 0 Å². The third-order valence-electron chi connectivity index (χ3n) is 3.20. The van der Waals surface area contributed by atoms with Gasteiger partial charge in [-0.25, -0.2) is 0 Å². The first-order chi connectivity index (χ1) is 11.6. The second kappa shape index (κ2) is 9.30. The summed E-state index contributed by atoms with van der Waals surface area (Å²) in [6.45, 7) is 5.41. The van der Waals surface area contributed by atoms with Gasteiger partial charge in [0.2, 0.25) is 0 Å². The smallest absolute Gasteiger partial charge is 0.257 e. The lowest BCUT2D eigenvalue weighted by atomic mass is 10.1. The fourth-order valence-electron chi connectivity index (χ4n) is 2.09. The summed E-state index contributed by atoms with van der Waals surface area (Å²) in [5.74, 6) is 0.946. The molecule has 0 aliphatic heterocycles. The predicted octanol–water partition coefficient (Wildman–Crippen LogP) is 4.42. The fraction of sp³-hybridized carbons (Fsp3) is 0.111. The van der Waals surface area contributed by atoms with Crippen molar-refractivity contribution in [1.29, 1.82) is 0 Å². The van der Waals surface area contributed by atoms with Gasteiger partial charge in [-0.3, -0.25) is 10.2 Å². The number of rotatable bonds is 7. The molecule has 2 aromatic carbocycles. The number of amides is 1. The van der Waals surface area contributed by atoms with E-state index < -0.39 is 0 Å². The Morgan fingerprint density at radius 3 is 2.79 bits per heavy atom. The minimum Gasteiger partial charge on any atom is -0.307 e. The zero-order valence-electron chi connectivity index (χ0n) is 13.3. The molecule has 1 amide bonds. The molecule has 6 heteroatoms. The van der Waals surface area contributed by atoms with E-state index in [9.17, 15) is 4.79 Å². The minimum atomic E-state index is -0.197. The van der Waals surface area contributed by atoms with Crippen LogP contribution >= 0.6 is 27.7 Å². The van der Waals surface area contributed by atoms with Crippen LogP contribution in [0.5, 0.6) is 0 Å². The molecule has 2 rings (SSSR count). The highest BCUT2D eigenvalue weighted by Gasteiger charge is 2.12. The number of hydrogen-bond donors (Lipinski definition) is 2. The number of carbonyl (C=O) groups is 1. The number of nitrogens with zero attached hydrogens (tertiary/aromatic N) is 1. The maximum Gasteiger partial charge on any atom is 0.257 e. The molecule has 0 atom stereocenters. The monoisotopic (exact) mass is 403 g/mol. The zero-order valence-corrected chi connectivity index (χ0v) is 15.7. The summed E-state index contributed by atoms with van der Waals surface area (Å²) in [4.78, 5) is 15.2. The molecule has 0 aliphatic rings. The zero-order chi connectivity index (χ0) is 17.4. The van der Waals surface area contributed by atoms with E-state index in [1.165, 1.54) is 10.5 Å². The van der Waals surface area contributed by atoms with Crippen LogP contribution in [0.1, 0.15) is 21.5 Å². The maximum absolute atomic E-state index is 12.5. The summed E-state index contributed by atoms with van der Waals surface area (Å²) >= 11 is 4.88. The van der Waals surface area contributed by atoms with E-state index in [4.69, 9.17) is 0 Å². The number of aryl methyl sites for hydroxylation is 1. The Kier molecular flexibility index (Phi) is 7.08. The van der Waals surface area contributed by atoms with Gasteiger partial charge in [0.25, 0.3) is 5.91 Å². The van der Waals surface area contributed by atoms with E-state index in [1.807, 2.05) is 30.3 Å². The van der Waals surface area contributed by atoms with Gasteiger partial charge < -0.3 is 5.32 Å². The first-order valence-corrected chi connectivity index (χ1v) is 9.15. The van der Waals surface area contributed by atoms with E-state index in [-0.39, 0.29) is 5.91 Å². The number of nitrogens with one attached hydrogen (secondary N) is 2. The SMILES string of the molecule is C=NN/C(=C/Br)NC(=O)c1ccccc1CSc1cccc(C)c1. The van der Waals surface area contributed by atoms with Gasteiger partial charge >= 0.3 is 0 Å². The summed E-state index contributed by atoms with van der Waals surface area (Å²) in [5, 5.41) is 6.30. The average molecular weight is 404 g/mol. The topological polar surface area (TPSA) is 53.5 Å². The van der Waals surface area contributed by atoms with E-state index in [0.29, 0.717) is 17.1 Å². The van der Waals surface area contributed by atoms with Crippen molar-refractivity contribution in [2.24, 2.45) is 5.10 Å². The van der Waals surface area contributed by atoms with Gasteiger partial charge in [-0.2, -0.15) is 5.10 Å². The summed E-state index contributed by atoms with van der Waals surface area (Å²) in [7, 11) is 0. The summed E-state index contributed by atoms with van der Waals surface area (Å²) < 4.78 is 0. The number of hydrogen-bond acceptors (Lipinski definition) is 4. The Morgan fingerprint density at radius 2 is 2.08 bits per heavy atom. The molecule has 2 aromatic rings. The normalized spacial score (nSPS) is 11.0. The highest BCUT2D eigenvalue weighted by molar-refractivity contribution is 9.11. The van der Waals surface area contributed by atoms with E-state index in [2.05, 4.69) is 63.6 Å². The number of hydrazone groups is 1. The molecule has 0 saturated carbocycles. The van der Waals surface area contributed by atoms with Crippen molar-refractivity contribution in [3.63, 3.8) is 0 Å². The largest absolute Gasteiger partial charge is 0.307 e. The minimum absolute atomic E-state index is 0.197. The second-order valence-corrected chi connectivity index (χ2v) is 6.52. The van der Waals surface area contributed by atoms with Crippen LogP contribution in [0.25, 0.3) is 0 Å². The molecule has 0 bridgehead atoms. The summed E-state index contributed by atoms with van der Waals surface area (Å²) in [6, 6.07) is 15.9. The Bertz CT molecular complexity index is 761. The molecule has 0 saturated heterocycles. The lowest BCUT2D eigenvalue weighted by molar-refractivity contribution is 0.0963. The lowest BCUT2D eigenvalue weighted by Crippen LogP contribution is -2.29. The second-order valence-electron chi connectivity index (χ2n) is 5.01. The summed E-state index contributed by atoms with van der Waals surface area (Å²) in [6.07, 6.45) is 0. The molecule has 2 N–H and O–H groups in total. The number of thioether (sulfide) groups is 1. The first-order valence-electron chi connectivity index (χ1n) is 7.25. The Morgan fingerprint density at radius 1 is 1.29 bits per heavy atom. The van der Waals surface area contributed by atoms with Crippen LogP contribution in [0.4, 0.5) is 0 Å². The molecule has 0 aliphatic carbocycles. The van der Waals surface area contributed by atoms with Crippen molar-refractivity contribution in [2.75, 3.05) is 0 Å². The number of halogens is 1. The quantitative estimate of drug-likeness (QED) is 0.408. The van der Waals surface area contributed by atoms with Gasteiger partial charge in [0.15, 0.2) is 0 Å². The van der Waals surface area contributed by atoms with Crippen molar-refractivity contribution >= 4 is 40.3 Å². The first kappa shape index (κ1) is 18.3. The molecule has 0 fully saturated rings. The van der Waals surface area contributed by atoms with Crippen LogP contribution in [0.3, 0.4) is 0 Å². The highest BCUT2D eigenvalue weighted by atomic mass is 79.9. The molecule has 0 unspecified atom stereocenters. The van der Waals surface area contributed by atoms with Crippen molar-refractivity contribution in [1.82, 2.24) is 10.7 Å². The van der Waals surface area contributed by atoms with Crippen LogP contribution in [-0.2, 0) is 5.75 Å². The Hall–Kier alpha value is -2.05. The fourth-order valence-corrected chi connectivity index (χ4v) is 3.32. The van der Waals surface area contributed by atoms with Crippen molar-refractivity contribution in [3.8, 4) is 0 Å². The lowest BCUT2D eigenvalue weighted by Gasteiger charge is -2.11. The molecule has 24 heavy (non-hydrogen) atoms. The van der Waals surface area contributed by atoms with Crippen LogP contribution in [0.15, 0.2) is 69.3 Å². The molecule has 0 spiro atoms. The van der Waals surface area contributed by atoms with E-state index in [1.54, 1.807) is 16.7 Å². The van der Waals surface area contributed by atoms with Gasteiger partial charge in [-0.1, -0.05) is 51.8 Å². The Balaban J connectivity index is 2.12. The molecular weight excluding hydrogens is 386 g/mol. The molecule has 0 aromatic heterocycles. The molecule has 0 radical (unpaired) electrons. The molecule has 4 nitrogen and oxygen atoms in total. The standard InChI is InChI=1S/C18H18BrN3OS/c1-13-6-5-8-15(10-13)24-12-14-7-3-4-9-16(14)18(23)21-17(11-19)22-20-2/h3-11,22H,2,12H2,1H3,(H,21,23)/b17-11+. The van der Waals surface area contributed by atoms with Gasteiger partial charge in [-0.05, 0) is 30.7 Å². The third kappa shape index (κ3) is 5.25. The number of carbonyl (C=O) groups excluding carboxylic acids is 1. The van der Waals surface area contributed by atoms with Crippen LogP contribution < -0.4 is 10.7 Å². The predicted molar refractivity (Wildman–Crippen MR) is 104 cm³/mol. The van der Waals surface area contributed by atoms with Gasteiger partial charge in [0.05, 0.1) is 0 Å². The van der Waals surface area contributed by atoms with E-state index in [0.717, 1.165) is 5.56 Å². The van der Waals surface area contributed by atoms with Crippen molar-refractivity contribution in [2.45, 2.75) is 17.6 Å². The molecule has 124 valence electrons. The third-order valence-corrected chi connectivity index (χ3v) is 4.70. The molecule has 0 heterocycles. The molecular formula is C18H18BrN3OS. The maximum atomic E-state index is 12.5. The van der Waals surface area contributed by atoms with Crippen LogP contribution in [0, 0.1) is 6.92 Å². The van der Waals surface area contributed by atoms with E-state index >= 15 is 0 Å². The summed E-state index contributed by atoms with van der Waals surface area (Å²) in [5.41, 5.74) is 5.44. The highest BCUT2D eigenvalue weighted by Crippen LogP contribution is 2.25. The van der Waals surface area contributed by atoms with Crippen LogP contribution in [-0.4, -0.2) is 12.6 Å². The van der Waals surface area contributed by atoms with Gasteiger partial charge in [0, 0.05) is 27.9 Å².